The maximum atomic E-state index is 5.19. The van der Waals surface area contributed by atoms with Gasteiger partial charge in [-0.2, -0.15) is 0 Å². The van der Waals surface area contributed by atoms with Crippen molar-refractivity contribution in [3.8, 4) is 0 Å². The largest absolute Gasteiger partial charge is 0.356 e. The number of fused-ring (bicyclic) bond motifs is 1. The molecule has 3 nitrogen and oxygen atoms in total. The van der Waals surface area contributed by atoms with Crippen LogP contribution in [0.15, 0.2) is 23.0 Å². The van der Waals surface area contributed by atoms with Crippen LogP contribution >= 0.6 is 0 Å². The molecule has 2 aromatic heterocycles. The third-order valence-corrected chi connectivity index (χ3v) is 1.98. The summed E-state index contributed by atoms with van der Waals surface area (Å²) < 4.78 is 5.19. The molecule has 0 N–H and O–H groups in total. The summed E-state index contributed by atoms with van der Waals surface area (Å²) in [7, 11) is 0. The highest BCUT2D eigenvalue weighted by Gasteiger charge is 2.21. The molecule has 0 unspecified atom stereocenters. The molecule has 0 aromatic carbocycles. The third-order valence-electron chi connectivity index (χ3n) is 1.98. The van der Waals surface area contributed by atoms with Crippen LogP contribution in [0.3, 0.4) is 0 Å². The maximum absolute atomic E-state index is 5.19. The Morgan fingerprint density at radius 3 is 2.77 bits per heavy atom. The van der Waals surface area contributed by atoms with Crippen molar-refractivity contribution in [1.82, 2.24) is 10.1 Å². The van der Waals surface area contributed by atoms with Crippen LogP contribution < -0.4 is 0 Å². The molecule has 0 aliphatic carbocycles. The summed E-state index contributed by atoms with van der Waals surface area (Å²) >= 11 is 0. The molecule has 0 aliphatic heterocycles. The zero-order valence-corrected chi connectivity index (χ0v) is 8.03. The lowest BCUT2D eigenvalue weighted by atomic mass is 9.90. The van der Waals surface area contributed by atoms with Crippen molar-refractivity contribution in [3.63, 3.8) is 0 Å². The second kappa shape index (κ2) is 2.55. The van der Waals surface area contributed by atoms with Gasteiger partial charge in [0.25, 0.3) is 0 Å². The highest BCUT2D eigenvalue weighted by atomic mass is 16.5. The van der Waals surface area contributed by atoms with E-state index >= 15 is 0 Å². The Balaban J connectivity index is 2.72. The van der Waals surface area contributed by atoms with Gasteiger partial charge in [-0.15, -0.1) is 0 Å². The number of hydrogen-bond donors (Lipinski definition) is 0. The SMILES string of the molecule is CC(C)(C)c1noc2ccncc12. The van der Waals surface area contributed by atoms with Crippen LogP contribution in [0.4, 0.5) is 0 Å². The predicted molar refractivity (Wildman–Crippen MR) is 50.5 cm³/mol. The van der Waals surface area contributed by atoms with Gasteiger partial charge in [0.05, 0.1) is 11.1 Å². The predicted octanol–water partition coefficient (Wildman–Crippen LogP) is 2.52. The first-order valence-electron chi connectivity index (χ1n) is 4.29. The van der Waals surface area contributed by atoms with E-state index in [1.54, 1.807) is 12.4 Å². The van der Waals surface area contributed by atoms with E-state index in [4.69, 9.17) is 4.52 Å². The van der Waals surface area contributed by atoms with Crippen LogP contribution in [0.2, 0.25) is 0 Å². The Kier molecular flexibility index (Phi) is 1.62. The zero-order chi connectivity index (χ0) is 9.47. The van der Waals surface area contributed by atoms with Crippen LogP contribution in [0.5, 0.6) is 0 Å². The van der Waals surface area contributed by atoms with Crippen molar-refractivity contribution in [2.45, 2.75) is 26.2 Å². The molecule has 2 heterocycles. The average Bonchev–Trinajstić information content (AvgIpc) is 2.45. The molecule has 0 bridgehead atoms. The van der Waals surface area contributed by atoms with E-state index in [2.05, 4.69) is 30.9 Å². The van der Waals surface area contributed by atoms with Crippen molar-refractivity contribution < 1.29 is 4.52 Å². The van der Waals surface area contributed by atoms with Gasteiger partial charge in [-0.1, -0.05) is 25.9 Å². The fourth-order valence-electron chi connectivity index (χ4n) is 1.32. The quantitative estimate of drug-likeness (QED) is 0.619. The average molecular weight is 176 g/mol. The van der Waals surface area contributed by atoms with Gasteiger partial charge in [-0.05, 0) is 0 Å². The molecule has 68 valence electrons. The minimum Gasteiger partial charge on any atom is -0.356 e. The molecule has 13 heavy (non-hydrogen) atoms. The normalized spacial score (nSPS) is 12.2. The van der Waals surface area contributed by atoms with Crippen LogP contribution in [0.25, 0.3) is 11.0 Å². The molecule has 0 saturated carbocycles. The molecule has 0 radical (unpaired) electrons. The highest BCUT2D eigenvalue weighted by Crippen LogP contribution is 2.27. The Hall–Kier alpha value is -1.38. The standard InChI is InChI=1S/C10H12N2O/c1-10(2,3)9-7-6-11-5-4-8(7)13-12-9/h4-6H,1-3H3. The van der Waals surface area contributed by atoms with Crippen LogP contribution in [-0.4, -0.2) is 10.1 Å². The summed E-state index contributed by atoms with van der Waals surface area (Å²) in [6, 6.07) is 1.83. The lowest BCUT2D eigenvalue weighted by Crippen LogP contribution is -2.11. The van der Waals surface area contributed by atoms with Crippen molar-refractivity contribution in [2.75, 3.05) is 0 Å². The molecular weight excluding hydrogens is 164 g/mol. The number of aromatic nitrogens is 2. The molecule has 0 fully saturated rings. The number of rotatable bonds is 0. The number of pyridine rings is 1. The van der Waals surface area contributed by atoms with Crippen molar-refractivity contribution in [3.05, 3.63) is 24.2 Å². The Morgan fingerprint density at radius 1 is 1.31 bits per heavy atom. The summed E-state index contributed by atoms with van der Waals surface area (Å²) in [6.07, 6.45) is 3.51. The Bertz CT molecular complexity index is 426. The molecule has 3 heteroatoms. The van der Waals surface area contributed by atoms with Crippen LogP contribution in [-0.2, 0) is 5.41 Å². The van der Waals surface area contributed by atoms with Gasteiger partial charge in [-0.25, -0.2) is 0 Å². The molecule has 2 rings (SSSR count). The number of nitrogens with zero attached hydrogens (tertiary/aromatic N) is 2. The molecule has 0 aliphatic rings. The van der Waals surface area contributed by atoms with Crippen molar-refractivity contribution in [2.24, 2.45) is 0 Å². The van der Waals surface area contributed by atoms with Gasteiger partial charge in [0.1, 0.15) is 0 Å². The van der Waals surface area contributed by atoms with E-state index in [0.29, 0.717) is 0 Å². The van der Waals surface area contributed by atoms with Gasteiger partial charge in [0.15, 0.2) is 5.58 Å². The zero-order valence-electron chi connectivity index (χ0n) is 8.03. The van der Waals surface area contributed by atoms with Crippen molar-refractivity contribution >= 4 is 11.0 Å². The van der Waals surface area contributed by atoms with E-state index in [1.165, 1.54) is 0 Å². The molecular formula is C10H12N2O. The van der Waals surface area contributed by atoms with Crippen LogP contribution in [0.1, 0.15) is 26.5 Å². The lowest BCUT2D eigenvalue weighted by Gasteiger charge is -2.13. The summed E-state index contributed by atoms with van der Waals surface area (Å²) in [6.45, 7) is 6.33. The second-order valence-corrected chi connectivity index (χ2v) is 4.15. The first kappa shape index (κ1) is 8.23. The van der Waals surface area contributed by atoms with Gasteiger partial charge in [-0.3, -0.25) is 4.98 Å². The third kappa shape index (κ3) is 1.30. The monoisotopic (exact) mass is 176 g/mol. The maximum Gasteiger partial charge on any atom is 0.170 e. The first-order chi connectivity index (χ1) is 6.09. The molecule has 0 atom stereocenters. The fraction of sp³-hybridized carbons (Fsp3) is 0.400. The molecule has 0 spiro atoms. The van der Waals surface area contributed by atoms with Gasteiger partial charge in [0, 0.05) is 23.9 Å². The van der Waals surface area contributed by atoms with E-state index in [9.17, 15) is 0 Å². The van der Waals surface area contributed by atoms with Crippen LogP contribution in [0, 0.1) is 0 Å². The van der Waals surface area contributed by atoms with Gasteiger partial charge in [0.2, 0.25) is 0 Å². The van der Waals surface area contributed by atoms with E-state index in [-0.39, 0.29) is 5.41 Å². The molecule has 0 amide bonds. The smallest absolute Gasteiger partial charge is 0.170 e. The topological polar surface area (TPSA) is 38.9 Å². The minimum absolute atomic E-state index is 0.00822. The Labute approximate surface area is 76.8 Å². The summed E-state index contributed by atoms with van der Waals surface area (Å²) in [5, 5.41) is 5.06. The Morgan fingerprint density at radius 2 is 2.08 bits per heavy atom. The molecule has 2 aromatic rings. The second-order valence-electron chi connectivity index (χ2n) is 4.15. The van der Waals surface area contributed by atoms with Gasteiger partial charge < -0.3 is 4.52 Å². The summed E-state index contributed by atoms with van der Waals surface area (Å²) in [5.41, 5.74) is 1.78. The lowest BCUT2D eigenvalue weighted by molar-refractivity contribution is 0.419. The molecule has 0 saturated heterocycles. The summed E-state index contributed by atoms with van der Waals surface area (Å²) in [5.74, 6) is 0. The summed E-state index contributed by atoms with van der Waals surface area (Å²) in [4.78, 5) is 4.06. The van der Waals surface area contributed by atoms with E-state index in [0.717, 1.165) is 16.7 Å². The minimum atomic E-state index is 0.00822. The van der Waals surface area contributed by atoms with E-state index < -0.39 is 0 Å². The van der Waals surface area contributed by atoms with Crippen molar-refractivity contribution in [1.29, 1.82) is 0 Å². The highest BCUT2D eigenvalue weighted by molar-refractivity contribution is 5.78. The fourth-order valence-corrected chi connectivity index (χ4v) is 1.32. The first-order valence-corrected chi connectivity index (χ1v) is 4.29. The van der Waals surface area contributed by atoms with Gasteiger partial charge >= 0.3 is 0 Å². The number of hydrogen-bond acceptors (Lipinski definition) is 3. The van der Waals surface area contributed by atoms with E-state index in [1.807, 2.05) is 6.07 Å².